The smallest absolute Gasteiger partial charge is 0.221 e. The van der Waals surface area contributed by atoms with Crippen LogP contribution in [0, 0.1) is 5.92 Å². The lowest BCUT2D eigenvalue weighted by Gasteiger charge is -2.29. The van der Waals surface area contributed by atoms with Crippen molar-refractivity contribution in [2.45, 2.75) is 38.6 Å². The van der Waals surface area contributed by atoms with Gasteiger partial charge in [-0.3, -0.25) is 9.48 Å². The SMILES string of the molecule is CC1CCCNC1CC(=O)NCCc1ncn(C)n1. The third kappa shape index (κ3) is 4.31. The fourth-order valence-corrected chi connectivity index (χ4v) is 2.47. The maximum absolute atomic E-state index is 11.9. The van der Waals surface area contributed by atoms with Gasteiger partial charge in [0.1, 0.15) is 6.33 Å². The minimum absolute atomic E-state index is 0.113. The minimum atomic E-state index is 0.113. The van der Waals surface area contributed by atoms with Crippen LogP contribution in [0.5, 0.6) is 0 Å². The Kier molecular flexibility index (Phi) is 4.90. The van der Waals surface area contributed by atoms with Crippen LogP contribution in [0.3, 0.4) is 0 Å². The molecule has 0 bridgehead atoms. The molecule has 19 heavy (non-hydrogen) atoms. The third-order valence-electron chi connectivity index (χ3n) is 3.65. The Morgan fingerprint density at radius 2 is 2.47 bits per heavy atom. The van der Waals surface area contributed by atoms with E-state index in [0.717, 1.165) is 12.4 Å². The first-order chi connectivity index (χ1) is 9.15. The normalized spacial score (nSPS) is 23.3. The number of carbonyl (C=O) groups is 1. The molecule has 2 unspecified atom stereocenters. The molecule has 1 aromatic rings. The number of nitrogens with one attached hydrogen (secondary N) is 2. The van der Waals surface area contributed by atoms with Crippen LogP contribution in [0.2, 0.25) is 0 Å². The van der Waals surface area contributed by atoms with Gasteiger partial charge in [0.2, 0.25) is 5.91 Å². The van der Waals surface area contributed by atoms with Gasteiger partial charge in [-0.2, -0.15) is 5.10 Å². The Hall–Kier alpha value is -1.43. The number of amides is 1. The molecule has 106 valence electrons. The molecule has 1 saturated heterocycles. The molecule has 0 aromatic carbocycles. The molecule has 6 heteroatoms. The predicted octanol–water partition coefficient (Wildman–Crippen LogP) is 0.252. The molecule has 2 atom stereocenters. The highest BCUT2D eigenvalue weighted by atomic mass is 16.1. The number of nitrogens with zero attached hydrogens (tertiary/aromatic N) is 3. The predicted molar refractivity (Wildman–Crippen MR) is 72.5 cm³/mol. The highest BCUT2D eigenvalue weighted by Crippen LogP contribution is 2.17. The molecule has 2 rings (SSSR count). The summed E-state index contributed by atoms with van der Waals surface area (Å²) in [4.78, 5) is 16.0. The lowest BCUT2D eigenvalue weighted by atomic mass is 9.90. The van der Waals surface area contributed by atoms with Crippen LogP contribution < -0.4 is 10.6 Å². The Bertz CT molecular complexity index is 417. The van der Waals surface area contributed by atoms with E-state index in [1.807, 2.05) is 7.05 Å². The van der Waals surface area contributed by atoms with Gasteiger partial charge in [0, 0.05) is 32.5 Å². The van der Waals surface area contributed by atoms with Gasteiger partial charge < -0.3 is 10.6 Å². The second-order valence-electron chi connectivity index (χ2n) is 5.32. The number of carbonyl (C=O) groups excluding carboxylic acids is 1. The zero-order valence-electron chi connectivity index (χ0n) is 11.7. The fraction of sp³-hybridized carbons (Fsp3) is 0.769. The number of piperidine rings is 1. The number of hydrogen-bond donors (Lipinski definition) is 2. The summed E-state index contributed by atoms with van der Waals surface area (Å²) in [7, 11) is 1.84. The van der Waals surface area contributed by atoms with Gasteiger partial charge in [0.15, 0.2) is 5.82 Å². The Morgan fingerprint density at radius 1 is 1.63 bits per heavy atom. The molecule has 0 spiro atoms. The zero-order chi connectivity index (χ0) is 13.7. The van der Waals surface area contributed by atoms with Crippen molar-refractivity contribution in [2.75, 3.05) is 13.1 Å². The first-order valence-electron chi connectivity index (χ1n) is 7.00. The van der Waals surface area contributed by atoms with E-state index in [9.17, 15) is 4.79 Å². The van der Waals surface area contributed by atoms with Gasteiger partial charge in [-0.25, -0.2) is 4.98 Å². The summed E-state index contributed by atoms with van der Waals surface area (Å²) < 4.78 is 1.67. The number of rotatable bonds is 5. The summed E-state index contributed by atoms with van der Waals surface area (Å²) in [6, 6.07) is 0.321. The molecule has 0 saturated carbocycles. The van der Waals surface area contributed by atoms with Crippen molar-refractivity contribution in [1.29, 1.82) is 0 Å². The monoisotopic (exact) mass is 265 g/mol. The van der Waals surface area contributed by atoms with Crippen LogP contribution in [0.4, 0.5) is 0 Å². The summed E-state index contributed by atoms with van der Waals surface area (Å²) in [5, 5.41) is 10.5. The highest BCUT2D eigenvalue weighted by molar-refractivity contribution is 5.76. The van der Waals surface area contributed by atoms with Crippen molar-refractivity contribution in [3.63, 3.8) is 0 Å². The summed E-state index contributed by atoms with van der Waals surface area (Å²) in [5.41, 5.74) is 0. The van der Waals surface area contributed by atoms with E-state index < -0.39 is 0 Å². The Morgan fingerprint density at radius 3 is 3.16 bits per heavy atom. The lowest BCUT2D eigenvalue weighted by molar-refractivity contribution is -0.121. The average molecular weight is 265 g/mol. The maximum atomic E-state index is 11.9. The van der Waals surface area contributed by atoms with Crippen LogP contribution >= 0.6 is 0 Å². The molecule has 0 radical (unpaired) electrons. The first-order valence-corrected chi connectivity index (χ1v) is 7.00. The second-order valence-corrected chi connectivity index (χ2v) is 5.32. The van der Waals surface area contributed by atoms with Gasteiger partial charge in [-0.1, -0.05) is 6.92 Å². The van der Waals surface area contributed by atoms with E-state index in [0.29, 0.717) is 31.3 Å². The van der Waals surface area contributed by atoms with Crippen molar-refractivity contribution >= 4 is 5.91 Å². The van der Waals surface area contributed by atoms with E-state index in [-0.39, 0.29) is 5.91 Å². The molecule has 1 fully saturated rings. The van der Waals surface area contributed by atoms with Gasteiger partial charge in [0.05, 0.1) is 0 Å². The van der Waals surface area contributed by atoms with Crippen molar-refractivity contribution < 1.29 is 4.79 Å². The lowest BCUT2D eigenvalue weighted by Crippen LogP contribution is -2.43. The molecule has 1 aliphatic heterocycles. The largest absolute Gasteiger partial charge is 0.356 e. The number of hydrogen-bond acceptors (Lipinski definition) is 4. The van der Waals surface area contributed by atoms with Gasteiger partial charge in [0.25, 0.3) is 0 Å². The highest BCUT2D eigenvalue weighted by Gasteiger charge is 2.22. The molecule has 1 amide bonds. The molecule has 6 nitrogen and oxygen atoms in total. The summed E-state index contributed by atoms with van der Waals surface area (Å²) in [6.45, 7) is 3.84. The van der Waals surface area contributed by atoms with E-state index in [1.54, 1.807) is 11.0 Å². The summed E-state index contributed by atoms with van der Waals surface area (Å²) in [6.07, 6.45) is 5.34. The van der Waals surface area contributed by atoms with Crippen LogP contribution in [-0.4, -0.2) is 39.8 Å². The standard InChI is InChI=1S/C13H23N5O/c1-10-4-3-6-14-11(10)8-13(19)15-7-5-12-16-9-18(2)17-12/h9-11,14H,3-8H2,1-2H3,(H,15,19). The first kappa shape index (κ1) is 14.0. The average Bonchev–Trinajstić information content (AvgIpc) is 2.78. The molecule has 1 aliphatic rings. The van der Waals surface area contributed by atoms with Gasteiger partial charge in [-0.15, -0.1) is 0 Å². The molecule has 2 N–H and O–H groups in total. The zero-order valence-corrected chi connectivity index (χ0v) is 11.7. The Labute approximate surface area is 114 Å². The quantitative estimate of drug-likeness (QED) is 0.800. The van der Waals surface area contributed by atoms with Crippen LogP contribution in [0.15, 0.2) is 6.33 Å². The molecule has 2 heterocycles. The van der Waals surface area contributed by atoms with E-state index in [1.165, 1.54) is 12.8 Å². The van der Waals surface area contributed by atoms with Gasteiger partial charge >= 0.3 is 0 Å². The summed E-state index contributed by atoms with van der Waals surface area (Å²) in [5.74, 6) is 1.46. The van der Waals surface area contributed by atoms with Gasteiger partial charge in [-0.05, 0) is 25.3 Å². The van der Waals surface area contributed by atoms with E-state index in [2.05, 4.69) is 27.6 Å². The molecular formula is C13H23N5O. The molecule has 0 aliphatic carbocycles. The van der Waals surface area contributed by atoms with Crippen LogP contribution in [0.1, 0.15) is 32.0 Å². The van der Waals surface area contributed by atoms with Crippen molar-refractivity contribution in [3.8, 4) is 0 Å². The topological polar surface area (TPSA) is 71.8 Å². The van der Waals surface area contributed by atoms with Crippen molar-refractivity contribution in [3.05, 3.63) is 12.2 Å². The van der Waals surface area contributed by atoms with Crippen LogP contribution in [0.25, 0.3) is 0 Å². The summed E-state index contributed by atoms with van der Waals surface area (Å²) >= 11 is 0. The third-order valence-corrected chi connectivity index (χ3v) is 3.65. The number of aromatic nitrogens is 3. The van der Waals surface area contributed by atoms with Crippen molar-refractivity contribution in [1.82, 2.24) is 25.4 Å². The maximum Gasteiger partial charge on any atom is 0.221 e. The Balaban J connectivity index is 1.66. The van der Waals surface area contributed by atoms with Crippen molar-refractivity contribution in [2.24, 2.45) is 13.0 Å². The van der Waals surface area contributed by atoms with E-state index in [4.69, 9.17) is 0 Å². The van der Waals surface area contributed by atoms with E-state index >= 15 is 0 Å². The fourth-order valence-electron chi connectivity index (χ4n) is 2.47. The molecular weight excluding hydrogens is 242 g/mol. The number of aryl methyl sites for hydroxylation is 1. The minimum Gasteiger partial charge on any atom is -0.356 e. The second kappa shape index (κ2) is 6.65. The van der Waals surface area contributed by atoms with Crippen LogP contribution in [-0.2, 0) is 18.3 Å². The molecule has 1 aromatic heterocycles.